The van der Waals surface area contributed by atoms with Crippen LogP contribution < -0.4 is 18.9 Å². The number of carboxylic acid groups (broad SMARTS) is 4. The number of hydrogen-bond donors (Lipinski definition) is 4. The molecule has 0 heterocycles. The first-order chi connectivity index (χ1) is 40.1. The Morgan fingerprint density at radius 2 is 0.415 bits per heavy atom. The molecule has 0 saturated carbocycles. The smallest absolute Gasteiger partial charge is 0.340 e. The Morgan fingerprint density at radius 1 is 0.256 bits per heavy atom. The molecule has 0 bridgehead atoms. The highest BCUT2D eigenvalue weighted by atomic mass is 16.5. The van der Waals surface area contributed by atoms with E-state index in [4.69, 9.17) is 18.9 Å². The van der Waals surface area contributed by atoms with Crippen LogP contribution in [-0.2, 0) is 0 Å². The van der Waals surface area contributed by atoms with Crippen LogP contribution >= 0.6 is 0 Å². The van der Waals surface area contributed by atoms with Gasteiger partial charge in [0.05, 0.1) is 13.2 Å². The highest BCUT2D eigenvalue weighted by Gasteiger charge is 2.39. The largest absolute Gasteiger partial charge is 0.494 e. The third-order valence-corrected chi connectivity index (χ3v) is 15.9. The number of hydrogen-bond acceptors (Lipinski definition) is 8. The van der Waals surface area contributed by atoms with E-state index >= 15 is 0 Å². The van der Waals surface area contributed by atoms with Crippen LogP contribution in [0.5, 0.6) is 34.5 Å². The van der Waals surface area contributed by atoms with E-state index in [1.54, 1.807) is 24.3 Å². The summed E-state index contributed by atoms with van der Waals surface area (Å²) in [6.07, 6.45) is 57.7. The molecule has 0 unspecified atom stereocenters. The topological polar surface area (TPSA) is 186 Å². The molecule has 0 radical (unpaired) electrons. The number of aromatic carboxylic acids is 4. The lowest BCUT2D eigenvalue weighted by atomic mass is 9.94. The van der Waals surface area contributed by atoms with Crippen molar-refractivity contribution in [2.24, 2.45) is 0 Å². The minimum Gasteiger partial charge on any atom is -0.494 e. The van der Waals surface area contributed by atoms with Crippen LogP contribution in [0.2, 0.25) is 0 Å². The second-order valence-corrected chi connectivity index (χ2v) is 23.1. The highest BCUT2D eigenvalue weighted by Crippen LogP contribution is 2.44. The molecular weight excluding hydrogens is 1030 g/mol. The lowest BCUT2D eigenvalue weighted by Gasteiger charge is -2.20. The Morgan fingerprint density at radius 3 is 0.585 bits per heavy atom. The van der Waals surface area contributed by atoms with Crippen LogP contribution in [0.1, 0.15) is 338 Å². The van der Waals surface area contributed by atoms with E-state index in [-0.39, 0.29) is 11.5 Å². The van der Waals surface area contributed by atoms with Crippen molar-refractivity contribution in [2.45, 2.75) is 296 Å². The predicted octanol–water partition coefficient (Wildman–Crippen LogP) is 22.0. The van der Waals surface area contributed by atoms with E-state index in [1.807, 2.05) is 0 Å². The molecule has 0 spiro atoms. The van der Waals surface area contributed by atoms with Gasteiger partial charge in [0.15, 0.2) is 11.5 Å². The van der Waals surface area contributed by atoms with Gasteiger partial charge in [0.25, 0.3) is 0 Å². The standard InChI is InChI=1S/C70H110O12/c1-3-5-7-9-11-13-15-17-19-21-23-25-27-29-31-33-35-37-39-41-43-45-55-79-57-47-51-59(52-48-57)81-65-61(67(71)72)63(69(75)76)66(64(70(77)78)62(65)68(73)74)82-60-53-49-58(50-54-60)80-56-46-44-42-40-38-36-34-32-30-28-26-24-22-20-18-16-14-12-10-8-6-4-2/h47-54H,3-46,55-56H2,1-2H3,(H,71,72)(H,73,74)(H,75,76)(H,77,78). The maximum atomic E-state index is 12.8. The molecule has 82 heavy (non-hydrogen) atoms. The quantitative estimate of drug-likeness (QED) is 0.0393. The summed E-state index contributed by atoms with van der Waals surface area (Å²) in [5, 5.41) is 41.5. The summed E-state index contributed by atoms with van der Waals surface area (Å²) in [7, 11) is 0. The molecule has 0 amide bonds. The molecule has 3 aromatic carbocycles. The van der Waals surface area contributed by atoms with Gasteiger partial charge in [0.2, 0.25) is 0 Å². The van der Waals surface area contributed by atoms with Gasteiger partial charge in [-0.3, -0.25) is 0 Å². The summed E-state index contributed by atoms with van der Waals surface area (Å²) < 4.78 is 23.4. The molecule has 4 N–H and O–H groups in total. The van der Waals surface area contributed by atoms with Crippen molar-refractivity contribution >= 4 is 23.9 Å². The SMILES string of the molecule is CCCCCCCCCCCCCCCCCCCCCCCCOc1ccc(Oc2c(C(=O)O)c(C(=O)O)c(Oc3ccc(OCCCCCCCCCCCCCCCCCCCCCCCC)cc3)c(C(=O)O)c2C(=O)O)cc1. The Kier molecular flexibility index (Phi) is 40.8. The highest BCUT2D eigenvalue weighted by molar-refractivity contribution is 6.15. The monoisotopic (exact) mass is 1140 g/mol. The van der Waals surface area contributed by atoms with Crippen LogP contribution in [0.25, 0.3) is 0 Å². The van der Waals surface area contributed by atoms with Crippen molar-refractivity contribution in [3.8, 4) is 34.5 Å². The average Bonchev–Trinajstić information content (AvgIpc) is 2.58. The van der Waals surface area contributed by atoms with Crippen molar-refractivity contribution in [3.63, 3.8) is 0 Å². The maximum Gasteiger partial charge on any atom is 0.340 e. The third kappa shape index (κ3) is 32.0. The van der Waals surface area contributed by atoms with Gasteiger partial charge in [-0.25, -0.2) is 19.2 Å². The summed E-state index contributed by atoms with van der Waals surface area (Å²) in [5.41, 5.74) is -4.35. The molecule has 0 aromatic heterocycles. The average molecular weight is 1140 g/mol. The first kappa shape index (κ1) is 71.0. The van der Waals surface area contributed by atoms with Gasteiger partial charge >= 0.3 is 23.9 Å². The number of rotatable bonds is 56. The summed E-state index contributed by atoms with van der Waals surface area (Å²) >= 11 is 0. The van der Waals surface area contributed by atoms with Gasteiger partial charge in [0.1, 0.15) is 45.3 Å². The van der Waals surface area contributed by atoms with Crippen LogP contribution in [0.15, 0.2) is 48.5 Å². The minimum atomic E-state index is -1.86. The normalized spacial score (nSPS) is 11.2. The first-order valence-electron chi connectivity index (χ1n) is 33.1. The molecule has 12 heteroatoms. The molecule has 0 fully saturated rings. The molecule has 12 nitrogen and oxygen atoms in total. The molecule has 0 atom stereocenters. The lowest BCUT2D eigenvalue weighted by Crippen LogP contribution is -2.20. The van der Waals surface area contributed by atoms with E-state index in [9.17, 15) is 39.6 Å². The fourth-order valence-electron chi connectivity index (χ4n) is 11.0. The van der Waals surface area contributed by atoms with Crippen LogP contribution in [0.3, 0.4) is 0 Å². The van der Waals surface area contributed by atoms with Crippen LogP contribution in [0, 0.1) is 0 Å². The van der Waals surface area contributed by atoms with E-state index in [1.165, 1.54) is 268 Å². The fraction of sp³-hybridized carbons (Fsp3) is 0.686. The Hall–Kier alpha value is -5.26. The zero-order chi connectivity index (χ0) is 59.1. The zero-order valence-electron chi connectivity index (χ0n) is 51.2. The van der Waals surface area contributed by atoms with Crippen LogP contribution in [-0.4, -0.2) is 57.5 Å². The van der Waals surface area contributed by atoms with Gasteiger partial charge in [-0.05, 0) is 61.4 Å². The van der Waals surface area contributed by atoms with E-state index < -0.39 is 57.6 Å². The van der Waals surface area contributed by atoms with Gasteiger partial charge in [0, 0.05) is 0 Å². The third-order valence-electron chi connectivity index (χ3n) is 15.9. The Labute approximate surface area is 495 Å². The molecule has 0 aliphatic carbocycles. The van der Waals surface area contributed by atoms with Crippen molar-refractivity contribution in [1.82, 2.24) is 0 Å². The van der Waals surface area contributed by atoms with Crippen molar-refractivity contribution in [2.75, 3.05) is 13.2 Å². The lowest BCUT2D eigenvalue weighted by molar-refractivity contribution is 0.0626. The Bertz CT molecular complexity index is 1930. The second-order valence-electron chi connectivity index (χ2n) is 23.1. The van der Waals surface area contributed by atoms with E-state index in [0.29, 0.717) is 24.7 Å². The van der Waals surface area contributed by atoms with Gasteiger partial charge in [-0.2, -0.15) is 0 Å². The van der Waals surface area contributed by atoms with Crippen molar-refractivity contribution in [1.29, 1.82) is 0 Å². The summed E-state index contributed by atoms with van der Waals surface area (Å²) in [6, 6.07) is 11.8. The van der Waals surface area contributed by atoms with Gasteiger partial charge in [-0.15, -0.1) is 0 Å². The fourth-order valence-corrected chi connectivity index (χ4v) is 11.0. The Balaban J connectivity index is 1.35. The van der Waals surface area contributed by atoms with Crippen molar-refractivity contribution in [3.05, 3.63) is 70.8 Å². The summed E-state index contributed by atoms with van der Waals surface area (Å²) in [6.45, 7) is 5.51. The zero-order valence-corrected chi connectivity index (χ0v) is 51.2. The number of carbonyl (C=O) groups is 4. The number of ether oxygens (including phenoxy) is 4. The van der Waals surface area contributed by atoms with Gasteiger partial charge in [-0.1, -0.05) is 284 Å². The van der Waals surface area contributed by atoms with E-state index in [2.05, 4.69) is 13.8 Å². The molecule has 0 aliphatic heterocycles. The number of benzene rings is 3. The molecule has 3 rings (SSSR count). The van der Waals surface area contributed by atoms with Crippen LogP contribution in [0.4, 0.5) is 0 Å². The maximum absolute atomic E-state index is 12.8. The van der Waals surface area contributed by atoms with Gasteiger partial charge < -0.3 is 39.4 Å². The van der Waals surface area contributed by atoms with E-state index in [0.717, 1.165) is 38.5 Å². The summed E-state index contributed by atoms with van der Waals surface area (Å²) in [4.78, 5) is 51.3. The molecule has 3 aromatic rings. The number of carboxylic acids is 4. The van der Waals surface area contributed by atoms with Crippen molar-refractivity contribution < 1.29 is 58.6 Å². The number of unbranched alkanes of at least 4 members (excludes halogenated alkanes) is 42. The molecule has 0 aliphatic rings. The predicted molar refractivity (Wildman–Crippen MR) is 333 cm³/mol. The molecular formula is C70H110O12. The molecule has 0 saturated heterocycles. The first-order valence-corrected chi connectivity index (χ1v) is 33.1. The summed E-state index contributed by atoms with van der Waals surface area (Å²) in [5.74, 6) is -8.55. The minimum absolute atomic E-state index is 0.0700. The second kappa shape index (κ2) is 47.1. The molecule has 462 valence electrons.